The van der Waals surface area contributed by atoms with Crippen LogP contribution in [-0.4, -0.2) is 24.0 Å². The van der Waals surface area contributed by atoms with Crippen molar-refractivity contribution in [2.45, 2.75) is 12.5 Å². The summed E-state index contributed by atoms with van der Waals surface area (Å²) in [6, 6.07) is 6.40. The van der Waals surface area contributed by atoms with Gasteiger partial charge in [0.2, 0.25) is 5.91 Å². The van der Waals surface area contributed by atoms with Gasteiger partial charge in [0.05, 0.1) is 13.5 Å². The summed E-state index contributed by atoms with van der Waals surface area (Å²) in [5.41, 5.74) is 1.56. The second-order valence-electron chi connectivity index (χ2n) is 3.60. The van der Waals surface area contributed by atoms with Crippen molar-refractivity contribution in [2.24, 2.45) is 5.84 Å². The average Bonchev–Trinajstić information content (AvgIpc) is 2.30. The number of nitrogens with zero attached hydrogens (tertiary/aromatic N) is 1. The second kappa shape index (κ2) is 3.94. The van der Waals surface area contributed by atoms with E-state index in [1.807, 2.05) is 12.1 Å². The molecule has 0 unspecified atom stereocenters. The number of rotatable bonds is 1. The highest BCUT2D eigenvalue weighted by Crippen LogP contribution is 2.28. The van der Waals surface area contributed by atoms with Crippen molar-refractivity contribution in [3.05, 3.63) is 35.4 Å². The molecule has 0 spiro atoms. The van der Waals surface area contributed by atoms with Gasteiger partial charge in [0, 0.05) is 0 Å². The van der Waals surface area contributed by atoms with Gasteiger partial charge in [0.25, 0.3) is 0 Å². The minimum absolute atomic E-state index is 0.222. The Morgan fingerprint density at radius 2 is 2.19 bits per heavy atom. The van der Waals surface area contributed by atoms with Gasteiger partial charge in [-0.2, -0.15) is 0 Å². The Balaban J connectivity index is 2.50. The van der Waals surface area contributed by atoms with E-state index < -0.39 is 12.0 Å². The fourth-order valence-electron chi connectivity index (χ4n) is 1.86. The number of carbonyl (C=O) groups is 2. The maximum absolute atomic E-state index is 11.6. The average molecular weight is 220 g/mol. The van der Waals surface area contributed by atoms with Crippen molar-refractivity contribution in [2.75, 3.05) is 7.11 Å². The number of hydrogen-bond donors (Lipinski definition) is 1. The minimum atomic E-state index is -0.831. The Hall–Kier alpha value is -1.88. The number of benzene rings is 1. The molecule has 2 N–H and O–H groups in total. The van der Waals surface area contributed by atoms with Crippen LogP contribution < -0.4 is 5.84 Å². The summed E-state index contributed by atoms with van der Waals surface area (Å²) in [5, 5.41) is 0.939. The fourth-order valence-corrected chi connectivity index (χ4v) is 1.86. The third-order valence-corrected chi connectivity index (χ3v) is 2.68. The van der Waals surface area contributed by atoms with E-state index in [1.54, 1.807) is 12.1 Å². The highest BCUT2D eigenvalue weighted by atomic mass is 16.5. The third kappa shape index (κ3) is 1.55. The molecule has 1 heterocycles. The van der Waals surface area contributed by atoms with Crippen molar-refractivity contribution >= 4 is 11.9 Å². The van der Waals surface area contributed by atoms with Crippen LogP contribution in [0.3, 0.4) is 0 Å². The molecule has 1 atom stereocenters. The lowest BCUT2D eigenvalue weighted by Gasteiger charge is -2.31. The summed E-state index contributed by atoms with van der Waals surface area (Å²) in [6.07, 6.45) is 0.222. The Kier molecular flexibility index (Phi) is 2.62. The SMILES string of the molecule is COC(=O)[C@H]1c2ccccc2CC(=O)N1N. The normalized spacial score (nSPS) is 19.2. The first-order chi connectivity index (χ1) is 7.65. The van der Waals surface area contributed by atoms with E-state index in [4.69, 9.17) is 5.84 Å². The van der Waals surface area contributed by atoms with Crippen molar-refractivity contribution in [1.82, 2.24) is 5.01 Å². The topological polar surface area (TPSA) is 72.6 Å². The zero-order valence-corrected chi connectivity index (χ0v) is 8.84. The molecule has 1 aromatic rings. The lowest BCUT2D eigenvalue weighted by molar-refractivity contribution is -0.154. The molecule has 0 saturated heterocycles. The van der Waals surface area contributed by atoms with E-state index in [0.717, 1.165) is 16.1 Å². The largest absolute Gasteiger partial charge is 0.467 e. The van der Waals surface area contributed by atoms with Gasteiger partial charge >= 0.3 is 5.97 Å². The molecule has 2 rings (SSSR count). The Morgan fingerprint density at radius 3 is 2.88 bits per heavy atom. The first-order valence-corrected chi connectivity index (χ1v) is 4.87. The summed E-state index contributed by atoms with van der Waals surface area (Å²) in [5.74, 6) is 4.79. The predicted octanol–water partition coefficient (Wildman–Crippen LogP) is 0.159. The molecule has 1 aromatic carbocycles. The maximum atomic E-state index is 11.6. The molecule has 16 heavy (non-hydrogen) atoms. The van der Waals surface area contributed by atoms with E-state index in [2.05, 4.69) is 4.74 Å². The molecule has 5 nitrogen and oxygen atoms in total. The molecule has 0 aliphatic carbocycles. The minimum Gasteiger partial charge on any atom is -0.467 e. The first-order valence-electron chi connectivity index (χ1n) is 4.87. The number of fused-ring (bicyclic) bond motifs is 1. The third-order valence-electron chi connectivity index (χ3n) is 2.68. The van der Waals surface area contributed by atoms with Crippen LogP contribution in [0.4, 0.5) is 0 Å². The summed E-state index contributed by atoms with van der Waals surface area (Å²) in [7, 11) is 1.28. The monoisotopic (exact) mass is 220 g/mol. The highest BCUT2D eigenvalue weighted by molar-refractivity contribution is 5.89. The molecule has 0 bridgehead atoms. The van der Waals surface area contributed by atoms with Crippen LogP contribution in [0.15, 0.2) is 24.3 Å². The first kappa shape index (κ1) is 10.6. The van der Waals surface area contributed by atoms with Crippen molar-refractivity contribution in [3.8, 4) is 0 Å². The maximum Gasteiger partial charge on any atom is 0.334 e. The predicted molar refractivity (Wildman–Crippen MR) is 55.9 cm³/mol. The quantitative estimate of drug-likeness (QED) is 0.415. The van der Waals surface area contributed by atoms with Gasteiger partial charge in [-0.05, 0) is 11.1 Å². The number of ether oxygens (including phenoxy) is 1. The van der Waals surface area contributed by atoms with Crippen molar-refractivity contribution in [3.63, 3.8) is 0 Å². The lowest BCUT2D eigenvalue weighted by Crippen LogP contribution is -2.48. The van der Waals surface area contributed by atoms with Gasteiger partial charge in [-0.25, -0.2) is 10.6 Å². The summed E-state index contributed by atoms with van der Waals surface area (Å²) < 4.78 is 4.65. The Morgan fingerprint density at radius 1 is 1.50 bits per heavy atom. The zero-order valence-electron chi connectivity index (χ0n) is 8.84. The van der Waals surface area contributed by atoms with E-state index in [1.165, 1.54) is 7.11 Å². The molecule has 0 saturated carbocycles. The van der Waals surface area contributed by atoms with E-state index in [0.29, 0.717) is 0 Å². The smallest absolute Gasteiger partial charge is 0.334 e. The van der Waals surface area contributed by atoms with Gasteiger partial charge in [-0.15, -0.1) is 0 Å². The number of esters is 1. The lowest BCUT2D eigenvalue weighted by atomic mass is 9.93. The van der Waals surface area contributed by atoms with E-state index >= 15 is 0 Å². The number of hydrazine groups is 1. The van der Waals surface area contributed by atoms with Crippen LogP contribution in [0.2, 0.25) is 0 Å². The molecule has 5 heteroatoms. The molecule has 1 amide bonds. The van der Waals surface area contributed by atoms with Crippen LogP contribution in [0.5, 0.6) is 0 Å². The Labute approximate surface area is 92.8 Å². The van der Waals surface area contributed by atoms with Gasteiger partial charge in [0.1, 0.15) is 0 Å². The van der Waals surface area contributed by atoms with E-state index in [9.17, 15) is 9.59 Å². The highest BCUT2D eigenvalue weighted by Gasteiger charge is 2.36. The Bertz CT molecular complexity index is 445. The van der Waals surface area contributed by atoms with Crippen molar-refractivity contribution in [1.29, 1.82) is 0 Å². The molecule has 1 aliphatic rings. The van der Waals surface area contributed by atoms with Crippen LogP contribution in [0.1, 0.15) is 17.2 Å². The van der Waals surface area contributed by atoms with Gasteiger partial charge in [-0.1, -0.05) is 24.3 Å². The molecule has 1 aliphatic heterocycles. The number of amides is 1. The van der Waals surface area contributed by atoms with Crippen LogP contribution in [0.25, 0.3) is 0 Å². The fraction of sp³-hybridized carbons (Fsp3) is 0.273. The standard InChI is InChI=1S/C11H12N2O3/c1-16-11(15)10-8-5-3-2-4-7(8)6-9(14)13(10)12/h2-5,10H,6,12H2,1H3/t10-/m1/s1. The van der Waals surface area contributed by atoms with Crippen molar-refractivity contribution < 1.29 is 14.3 Å². The summed E-state index contributed by atoms with van der Waals surface area (Å²) >= 11 is 0. The van der Waals surface area contributed by atoms with Gasteiger partial charge < -0.3 is 4.74 Å². The zero-order chi connectivity index (χ0) is 11.7. The summed E-state index contributed by atoms with van der Waals surface area (Å²) in [6.45, 7) is 0. The molecule has 0 aromatic heterocycles. The van der Waals surface area contributed by atoms with Gasteiger partial charge in [-0.3, -0.25) is 9.80 Å². The molecule has 0 radical (unpaired) electrons. The van der Waals surface area contributed by atoms with E-state index in [-0.39, 0.29) is 12.3 Å². The number of methoxy groups -OCH3 is 1. The van der Waals surface area contributed by atoms with Crippen LogP contribution >= 0.6 is 0 Å². The molecule has 84 valence electrons. The van der Waals surface area contributed by atoms with Crippen LogP contribution in [-0.2, 0) is 20.7 Å². The number of carbonyl (C=O) groups excluding carboxylic acids is 2. The molecular formula is C11H12N2O3. The number of hydrogen-bond acceptors (Lipinski definition) is 4. The molecular weight excluding hydrogens is 208 g/mol. The van der Waals surface area contributed by atoms with Crippen LogP contribution in [0, 0.1) is 0 Å². The van der Waals surface area contributed by atoms with Gasteiger partial charge in [0.15, 0.2) is 6.04 Å². The summed E-state index contributed by atoms with van der Waals surface area (Å²) in [4.78, 5) is 23.2. The second-order valence-corrected chi connectivity index (χ2v) is 3.60. The number of nitrogens with two attached hydrogens (primary N) is 1. The molecule has 0 fully saturated rings.